The van der Waals surface area contributed by atoms with Crippen molar-refractivity contribution >= 4 is 0 Å². The van der Waals surface area contributed by atoms with Crippen LogP contribution >= 0.6 is 0 Å². The van der Waals surface area contributed by atoms with Crippen LogP contribution in [0.4, 0.5) is 0 Å². The maximum Gasteiger partial charge on any atom is 0.0997 e. The van der Waals surface area contributed by atoms with E-state index in [1.54, 1.807) is 7.11 Å². The lowest BCUT2D eigenvalue weighted by Crippen LogP contribution is -2.18. The van der Waals surface area contributed by atoms with Gasteiger partial charge in [-0.05, 0) is 19.3 Å². The van der Waals surface area contributed by atoms with Crippen LogP contribution in [-0.2, 0) is 17.8 Å². The number of nitrogens with zero attached hydrogens (tertiary/aromatic N) is 3. The zero-order chi connectivity index (χ0) is 11.4. The largest absolute Gasteiger partial charge is 0.385 e. The van der Waals surface area contributed by atoms with Crippen molar-refractivity contribution in [2.45, 2.75) is 44.7 Å². The summed E-state index contributed by atoms with van der Waals surface area (Å²) in [6.07, 6.45) is 4.80. The van der Waals surface area contributed by atoms with Crippen LogP contribution < -0.4 is 5.73 Å². The second-order valence-electron chi connectivity index (χ2n) is 4.32. The van der Waals surface area contributed by atoms with Crippen molar-refractivity contribution in [2.75, 3.05) is 13.7 Å². The highest BCUT2D eigenvalue weighted by atomic mass is 16.5. The van der Waals surface area contributed by atoms with E-state index in [-0.39, 0.29) is 0 Å². The van der Waals surface area contributed by atoms with Crippen LogP contribution in [0.2, 0.25) is 0 Å². The van der Waals surface area contributed by atoms with Crippen molar-refractivity contribution in [2.24, 2.45) is 5.73 Å². The summed E-state index contributed by atoms with van der Waals surface area (Å²) in [4.78, 5) is 0. The number of nitrogens with two attached hydrogens (primary N) is 1. The van der Waals surface area contributed by atoms with E-state index in [1.807, 2.05) is 4.68 Å². The van der Waals surface area contributed by atoms with Crippen LogP contribution in [0.1, 0.15) is 43.0 Å². The smallest absolute Gasteiger partial charge is 0.0997 e. The standard InChI is InChI=1S/C11H20N4O/c1-16-7-3-6-15-11(9-4-2-5-9)10(8-12)13-14-15/h9H,2-8,12H2,1H3. The molecule has 0 atom stereocenters. The Bertz CT molecular complexity index is 333. The van der Waals surface area contributed by atoms with Crippen molar-refractivity contribution in [3.8, 4) is 0 Å². The Morgan fingerprint density at radius 3 is 2.88 bits per heavy atom. The maximum absolute atomic E-state index is 5.69. The summed E-state index contributed by atoms with van der Waals surface area (Å²) in [7, 11) is 1.72. The molecule has 0 spiro atoms. The molecule has 5 heteroatoms. The van der Waals surface area contributed by atoms with Gasteiger partial charge in [0, 0.05) is 32.7 Å². The Hall–Kier alpha value is -0.940. The first-order valence-electron chi connectivity index (χ1n) is 5.98. The van der Waals surface area contributed by atoms with E-state index in [9.17, 15) is 0 Å². The molecule has 0 bridgehead atoms. The third-order valence-electron chi connectivity index (χ3n) is 3.25. The number of rotatable bonds is 6. The van der Waals surface area contributed by atoms with E-state index in [0.29, 0.717) is 12.5 Å². The fraction of sp³-hybridized carbons (Fsp3) is 0.818. The molecule has 1 aromatic heterocycles. The SMILES string of the molecule is COCCCn1nnc(CN)c1C1CCC1. The molecule has 2 N–H and O–H groups in total. The molecule has 0 saturated heterocycles. The fourth-order valence-corrected chi connectivity index (χ4v) is 2.15. The molecule has 0 aliphatic heterocycles. The first-order valence-corrected chi connectivity index (χ1v) is 5.98. The van der Waals surface area contributed by atoms with Crippen LogP contribution in [0.3, 0.4) is 0 Å². The Balaban J connectivity index is 2.07. The predicted molar refractivity (Wildman–Crippen MR) is 61.0 cm³/mol. The second kappa shape index (κ2) is 5.41. The summed E-state index contributed by atoms with van der Waals surface area (Å²) in [5.41, 5.74) is 7.94. The summed E-state index contributed by atoms with van der Waals surface area (Å²) < 4.78 is 7.07. The highest BCUT2D eigenvalue weighted by Gasteiger charge is 2.26. The molecular weight excluding hydrogens is 204 g/mol. The van der Waals surface area contributed by atoms with Gasteiger partial charge in [-0.1, -0.05) is 11.6 Å². The van der Waals surface area contributed by atoms with Crippen molar-refractivity contribution in [1.29, 1.82) is 0 Å². The van der Waals surface area contributed by atoms with Gasteiger partial charge in [0.05, 0.1) is 11.4 Å². The lowest BCUT2D eigenvalue weighted by molar-refractivity contribution is 0.187. The predicted octanol–water partition coefficient (Wildman–Crippen LogP) is 1.04. The summed E-state index contributed by atoms with van der Waals surface area (Å²) in [6, 6.07) is 0. The van der Waals surface area contributed by atoms with Gasteiger partial charge in [-0.3, -0.25) is 0 Å². The molecule has 1 fully saturated rings. The Labute approximate surface area is 96.0 Å². The van der Waals surface area contributed by atoms with Gasteiger partial charge in [0.25, 0.3) is 0 Å². The fourth-order valence-electron chi connectivity index (χ4n) is 2.15. The van der Waals surface area contributed by atoms with Crippen LogP contribution in [0.15, 0.2) is 0 Å². The molecule has 1 aliphatic rings. The van der Waals surface area contributed by atoms with Crippen LogP contribution in [0, 0.1) is 0 Å². The van der Waals surface area contributed by atoms with Gasteiger partial charge in [0.2, 0.25) is 0 Å². The average Bonchev–Trinajstić information content (AvgIpc) is 2.60. The van der Waals surface area contributed by atoms with Crippen molar-refractivity contribution in [3.05, 3.63) is 11.4 Å². The molecule has 5 nitrogen and oxygen atoms in total. The third kappa shape index (κ3) is 2.25. The lowest BCUT2D eigenvalue weighted by Gasteiger charge is -2.26. The highest BCUT2D eigenvalue weighted by molar-refractivity contribution is 5.17. The van der Waals surface area contributed by atoms with Gasteiger partial charge in [-0.2, -0.15) is 0 Å². The van der Waals surface area contributed by atoms with Crippen LogP contribution in [0.5, 0.6) is 0 Å². The van der Waals surface area contributed by atoms with Crippen LogP contribution in [0.25, 0.3) is 0 Å². The van der Waals surface area contributed by atoms with E-state index in [1.165, 1.54) is 25.0 Å². The van der Waals surface area contributed by atoms with Crippen molar-refractivity contribution in [1.82, 2.24) is 15.0 Å². The minimum Gasteiger partial charge on any atom is -0.385 e. The number of hydrogen-bond acceptors (Lipinski definition) is 4. The van der Waals surface area contributed by atoms with E-state index < -0.39 is 0 Å². The monoisotopic (exact) mass is 224 g/mol. The minimum absolute atomic E-state index is 0.496. The van der Waals surface area contributed by atoms with Crippen molar-refractivity contribution in [3.63, 3.8) is 0 Å². The number of aromatic nitrogens is 3. The Kier molecular flexibility index (Phi) is 3.90. The molecule has 0 aromatic carbocycles. The Morgan fingerprint density at radius 1 is 1.50 bits per heavy atom. The molecule has 90 valence electrons. The average molecular weight is 224 g/mol. The highest BCUT2D eigenvalue weighted by Crippen LogP contribution is 2.37. The molecule has 1 aromatic rings. The molecule has 0 radical (unpaired) electrons. The summed E-state index contributed by atoms with van der Waals surface area (Å²) in [5.74, 6) is 0.635. The maximum atomic E-state index is 5.69. The third-order valence-corrected chi connectivity index (χ3v) is 3.25. The molecule has 16 heavy (non-hydrogen) atoms. The zero-order valence-electron chi connectivity index (χ0n) is 9.85. The second-order valence-corrected chi connectivity index (χ2v) is 4.32. The van der Waals surface area contributed by atoms with E-state index in [4.69, 9.17) is 10.5 Å². The minimum atomic E-state index is 0.496. The van der Waals surface area contributed by atoms with Gasteiger partial charge >= 0.3 is 0 Å². The first kappa shape index (κ1) is 11.5. The molecule has 0 amide bonds. The summed E-state index contributed by atoms with van der Waals surface area (Å²) in [6.45, 7) is 2.14. The van der Waals surface area contributed by atoms with E-state index in [0.717, 1.165) is 25.3 Å². The molecule has 1 heterocycles. The zero-order valence-corrected chi connectivity index (χ0v) is 9.85. The molecule has 1 saturated carbocycles. The van der Waals surface area contributed by atoms with Gasteiger partial charge in [0.15, 0.2) is 0 Å². The molecule has 1 aliphatic carbocycles. The van der Waals surface area contributed by atoms with Gasteiger partial charge in [-0.25, -0.2) is 4.68 Å². The lowest BCUT2D eigenvalue weighted by atomic mass is 9.82. The molecule has 2 rings (SSSR count). The van der Waals surface area contributed by atoms with Gasteiger partial charge in [0.1, 0.15) is 0 Å². The number of hydrogen-bond donors (Lipinski definition) is 1. The molecular formula is C11H20N4O. The van der Waals surface area contributed by atoms with Crippen LogP contribution in [-0.4, -0.2) is 28.7 Å². The van der Waals surface area contributed by atoms with E-state index >= 15 is 0 Å². The Morgan fingerprint density at radius 2 is 2.31 bits per heavy atom. The van der Waals surface area contributed by atoms with Gasteiger partial charge in [-0.15, -0.1) is 5.10 Å². The molecule has 0 unspecified atom stereocenters. The number of aryl methyl sites for hydroxylation is 1. The van der Waals surface area contributed by atoms with Gasteiger partial charge < -0.3 is 10.5 Å². The summed E-state index contributed by atoms with van der Waals surface area (Å²) in [5, 5.41) is 8.36. The quantitative estimate of drug-likeness (QED) is 0.733. The van der Waals surface area contributed by atoms with E-state index in [2.05, 4.69) is 10.3 Å². The van der Waals surface area contributed by atoms with Crippen molar-refractivity contribution < 1.29 is 4.74 Å². The summed E-state index contributed by atoms with van der Waals surface area (Å²) >= 11 is 0. The normalized spacial score (nSPS) is 16.4. The number of methoxy groups -OCH3 is 1. The number of ether oxygens (including phenoxy) is 1. The topological polar surface area (TPSA) is 66.0 Å². The first-order chi connectivity index (χ1) is 7.86.